The largest absolute Gasteiger partial charge is 0.486 e. The third-order valence-electron chi connectivity index (χ3n) is 4.44. The molecule has 8 heteroatoms. The molecule has 0 saturated heterocycles. The first-order chi connectivity index (χ1) is 13.9. The standard InChI is InChI=1S/C21H23ClN4O2S/c1-14-6-4-5-7-16(14)11-26(3)20(27)13-29-21-23-19(24-25-21)12-28-17-8-9-18(22)15(2)10-17/h4-10H,11-13H2,1-3H3,(H,23,24,25). The summed E-state index contributed by atoms with van der Waals surface area (Å²) in [7, 11) is 1.81. The molecule has 0 fully saturated rings. The minimum Gasteiger partial charge on any atom is -0.486 e. The Balaban J connectivity index is 1.47. The number of amides is 1. The van der Waals surface area contributed by atoms with Crippen LogP contribution in [-0.4, -0.2) is 38.8 Å². The summed E-state index contributed by atoms with van der Waals surface area (Å²) in [5.41, 5.74) is 3.27. The number of thioether (sulfide) groups is 1. The molecule has 1 heterocycles. The van der Waals surface area contributed by atoms with Crippen LogP contribution in [0.2, 0.25) is 5.02 Å². The average molecular weight is 431 g/mol. The monoisotopic (exact) mass is 430 g/mol. The van der Waals surface area contributed by atoms with Crippen LogP contribution >= 0.6 is 23.4 Å². The highest BCUT2D eigenvalue weighted by molar-refractivity contribution is 7.99. The van der Waals surface area contributed by atoms with Gasteiger partial charge in [0, 0.05) is 18.6 Å². The lowest BCUT2D eigenvalue weighted by molar-refractivity contribution is -0.127. The lowest BCUT2D eigenvalue weighted by Crippen LogP contribution is -2.28. The highest BCUT2D eigenvalue weighted by Crippen LogP contribution is 2.22. The molecular formula is C21H23ClN4O2S. The van der Waals surface area contributed by atoms with Crippen molar-refractivity contribution in [1.82, 2.24) is 20.1 Å². The molecule has 0 saturated carbocycles. The van der Waals surface area contributed by atoms with Gasteiger partial charge in [-0.15, -0.1) is 5.10 Å². The second kappa shape index (κ2) is 9.80. The third kappa shape index (κ3) is 5.98. The van der Waals surface area contributed by atoms with Crippen LogP contribution in [0, 0.1) is 13.8 Å². The van der Waals surface area contributed by atoms with E-state index >= 15 is 0 Å². The number of aryl methyl sites for hydroxylation is 2. The topological polar surface area (TPSA) is 71.1 Å². The molecule has 152 valence electrons. The molecule has 29 heavy (non-hydrogen) atoms. The van der Waals surface area contributed by atoms with E-state index in [-0.39, 0.29) is 18.3 Å². The van der Waals surface area contributed by atoms with Crippen molar-refractivity contribution in [2.24, 2.45) is 0 Å². The summed E-state index contributed by atoms with van der Waals surface area (Å²) in [6.07, 6.45) is 0. The summed E-state index contributed by atoms with van der Waals surface area (Å²) >= 11 is 7.32. The molecule has 1 amide bonds. The van der Waals surface area contributed by atoms with Crippen LogP contribution < -0.4 is 4.74 Å². The zero-order valence-electron chi connectivity index (χ0n) is 16.6. The van der Waals surface area contributed by atoms with Crippen molar-refractivity contribution in [3.63, 3.8) is 0 Å². The molecule has 3 aromatic rings. The Morgan fingerprint density at radius 2 is 2.00 bits per heavy atom. The summed E-state index contributed by atoms with van der Waals surface area (Å²) in [6.45, 7) is 4.81. The van der Waals surface area contributed by atoms with E-state index in [2.05, 4.69) is 15.2 Å². The van der Waals surface area contributed by atoms with Gasteiger partial charge in [0.1, 0.15) is 12.4 Å². The Morgan fingerprint density at radius 3 is 2.76 bits per heavy atom. The van der Waals surface area contributed by atoms with Gasteiger partial charge in [-0.05, 0) is 48.7 Å². The van der Waals surface area contributed by atoms with E-state index in [1.54, 1.807) is 18.0 Å². The molecular weight excluding hydrogens is 408 g/mol. The van der Waals surface area contributed by atoms with Crippen molar-refractivity contribution in [3.05, 3.63) is 70.0 Å². The lowest BCUT2D eigenvalue weighted by Gasteiger charge is -2.18. The first-order valence-corrected chi connectivity index (χ1v) is 10.5. The van der Waals surface area contributed by atoms with E-state index in [4.69, 9.17) is 16.3 Å². The van der Waals surface area contributed by atoms with Crippen molar-refractivity contribution in [2.75, 3.05) is 12.8 Å². The molecule has 1 aromatic heterocycles. The molecule has 3 rings (SSSR count). The number of nitrogens with one attached hydrogen (secondary N) is 1. The number of carbonyl (C=O) groups is 1. The van der Waals surface area contributed by atoms with E-state index in [1.165, 1.54) is 17.3 Å². The first-order valence-electron chi connectivity index (χ1n) is 9.14. The van der Waals surface area contributed by atoms with Gasteiger partial charge in [-0.3, -0.25) is 9.89 Å². The van der Waals surface area contributed by atoms with E-state index in [0.29, 0.717) is 28.3 Å². The predicted molar refractivity (Wildman–Crippen MR) is 115 cm³/mol. The molecule has 0 radical (unpaired) electrons. The average Bonchev–Trinajstić information content (AvgIpc) is 3.16. The number of carbonyl (C=O) groups excluding carboxylic acids is 1. The number of benzene rings is 2. The van der Waals surface area contributed by atoms with E-state index < -0.39 is 0 Å². The van der Waals surface area contributed by atoms with Gasteiger partial charge < -0.3 is 9.64 Å². The number of halogens is 1. The molecule has 0 aliphatic heterocycles. The van der Waals surface area contributed by atoms with Gasteiger partial charge in [0.05, 0.1) is 5.75 Å². The molecule has 0 aliphatic carbocycles. The van der Waals surface area contributed by atoms with E-state index in [1.807, 2.05) is 50.2 Å². The molecule has 2 aromatic carbocycles. The zero-order valence-corrected chi connectivity index (χ0v) is 18.2. The molecule has 6 nitrogen and oxygen atoms in total. The molecule has 1 N–H and O–H groups in total. The quantitative estimate of drug-likeness (QED) is 0.536. The maximum absolute atomic E-state index is 12.4. The van der Waals surface area contributed by atoms with Crippen LogP contribution in [0.1, 0.15) is 22.5 Å². The number of rotatable bonds is 8. The van der Waals surface area contributed by atoms with Crippen molar-refractivity contribution in [1.29, 1.82) is 0 Å². The summed E-state index contributed by atoms with van der Waals surface area (Å²) < 4.78 is 5.71. The van der Waals surface area contributed by atoms with Gasteiger partial charge in [-0.1, -0.05) is 47.6 Å². The minimum absolute atomic E-state index is 0.0255. The van der Waals surface area contributed by atoms with Crippen LogP contribution in [0.5, 0.6) is 5.75 Å². The predicted octanol–water partition coefficient (Wildman–Crippen LogP) is 4.40. The normalized spacial score (nSPS) is 10.8. The summed E-state index contributed by atoms with van der Waals surface area (Å²) in [4.78, 5) is 18.5. The molecule has 0 bridgehead atoms. The number of aromatic nitrogens is 3. The van der Waals surface area contributed by atoms with Crippen LogP contribution in [0.15, 0.2) is 47.6 Å². The van der Waals surface area contributed by atoms with Crippen molar-refractivity contribution in [2.45, 2.75) is 32.2 Å². The number of aromatic amines is 1. The van der Waals surface area contributed by atoms with Crippen LogP contribution in [-0.2, 0) is 17.9 Å². The van der Waals surface area contributed by atoms with Gasteiger partial charge in [0.15, 0.2) is 5.82 Å². The van der Waals surface area contributed by atoms with Gasteiger partial charge in [-0.2, -0.15) is 0 Å². The van der Waals surface area contributed by atoms with Gasteiger partial charge in [-0.25, -0.2) is 4.98 Å². The maximum atomic E-state index is 12.4. The number of nitrogens with zero attached hydrogens (tertiary/aromatic N) is 3. The highest BCUT2D eigenvalue weighted by atomic mass is 35.5. The van der Waals surface area contributed by atoms with Crippen LogP contribution in [0.25, 0.3) is 0 Å². The van der Waals surface area contributed by atoms with Crippen LogP contribution in [0.4, 0.5) is 0 Å². The smallest absolute Gasteiger partial charge is 0.233 e. The number of hydrogen-bond donors (Lipinski definition) is 1. The Labute approximate surface area is 179 Å². The Kier molecular flexibility index (Phi) is 7.17. The van der Waals surface area contributed by atoms with Gasteiger partial charge in [0.25, 0.3) is 0 Å². The van der Waals surface area contributed by atoms with Crippen molar-refractivity contribution in [3.8, 4) is 5.75 Å². The number of hydrogen-bond acceptors (Lipinski definition) is 5. The Bertz CT molecular complexity index is 992. The number of ether oxygens (including phenoxy) is 1. The fraction of sp³-hybridized carbons (Fsp3) is 0.286. The highest BCUT2D eigenvalue weighted by Gasteiger charge is 2.13. The maximum Gasteiger partial charge on any atom is 0.233 e. The van der Waals surface area contributed by atoms with Crippen molar-refractivity contribution >= 4 is 29.3 Å². The summed E-state index contributed by atoms with van der Waals surface area (Å²) in [5.74, 6) is 1.61. The first kappa shape index (κ1) is 21.2. The second-order valence-electron chi connectivity index (χ2n) is 6.73. The minimum atomic E-state index is 0.0255. The lowest BCUT2D eigenvalue weighted by atomic mass is 10.1. The second-order valence-corrected chi connectivity index (χ2v) is 8.08. The molecule has 0 unspecified atom stereocenters. The van der Waals surface area contributed by atoms with Gasteiger partial charge >= 0.3 is 0 Å². The Morgan fingerprint density at radius 1 is 1.21 bits per heavy atom. The third-order valence-corrected chi connectivity index (χ3v) is 5.69. The Hall–Kier alpha value is -2.51. The molecule has 0 aliphatic rings. The zero-order chi connectivity index (χ0) is 20.8. The summed E-state index contributed by atoms with van der Waals surface area (Å²) in [6, 6.07) is 13.5. The summed E-state index contributed by atoms with van der Waals surface area (Å²) in [5, 5.41) is 8.21. The molecule has 0 atom stereocenters. The van der Waals surface area contributed by atoms with E-state index in [0.717, 1.165) is 11.1 Å². The SMILES string of the molecule is Cc1cc(OCc2nc(SCC(=O)N(C)Cc3ccccc3C)n[nH]2)ccc1Cl. The molecule has 0 spiro atoms. The van der Waals surface area contributed by atoms with Gasteiger partial charge in [0.2, 0.25) is 11.1 Å². The van der Waals surface area contributed by atoms with Crippen LogP contribution in [0.3, 0.4) is 0 Å². The van der Waals surface area contributed by atoms with E-state index in [9.17, 15) is 4.79 Å². The van der Waals surface area contributed by atoms with Crippen molar-refractivity contribution < 1.29 is 9.53 Å². The number of H-pyrrole nitrogens is 1. The fourth-order valence-corrected chi connectivity index (χ4v) is 3.51. The fourth-order valence-electron chi connectivity index (χ4n) is 2.63.